The summed E-state index contributed by atoms with van der Waals surface area (Å²) >= 11 is 3.74. The summed E-state index contributed by atoms with van der Waals surface area (Å²) in [6, 6.07) is 2.73. The molecular weight excluding hydrogens is 288 g/mol. The van der Waals surface area contributed by atoms with Crippen molar-refractivity contribution >= 4 is 15.9 Å². The molecule has 1 aliphatic carbocycles. The fraction of sp³-hybridized carbons (Fsp3) is 0.800. The molecule has 0 saturated heterocycles. The molecule has 2 rings (SSSR count). The van der Waals surface area contributed by atoms with E-state index in [0.717, 1.165) is 18.2 Å². The zero-order valence-electron chi connectivity index (χ0n) is 11.7. The van der Waals surface area contributed by atoms with Gasteiger partial charge in [-0.05, 0) is 44.1 Å². The highest BCUT2D eigenvalue weighted by Gasteiger charge is 2.31. The lowest BCUT2D eigenvalue weighted by molar-refractivity contribution is 0.220. The van der Waals surface area contributed by atoms with Crippen LogP contribution in [0.4, 0.5) is 0 Å². The molecule has 1 heterocycles. The average Bonchev–Trinajstić information content (AvgIpc) is 2.87. The topological polar surface area (TPSA) is 17.8 Å². The third-order valence-corrected chi connectivity index (χ3v) is 5.65. The third kappa shape index (κ3) is 3.17. The van der Waals surface area contributed by atoms with Gasteiger partial charge in [-0.15, -0.1) is 0 Å². The molecule has 18 heavy (non-hydrogen) atoms. The predicted octanol–water partition coefficient (Wildman–Crippen LogP) is 4.74. The highest BCUT2D eigenvalue weighted by molar-refractivity contribution is 9.09. The molecule has 0 amide bonds. The molecule has 1 fully saturated rings. The maximum absolute atomic E-state index is 4.76. The first-order chi connectivity index (χ1) is 8.69. The van der Waals surface area contributed by atoms with Gasteiger partial charge in [0, 0.05) is 17.6 Å². The maximum atomic E-state index is 4.76. The fourth-order valence-electron chi connectivity index (χ4n) is 2.95. The Morgan fingerprint density at radius 1 is 1.39 bits per heavy atom. The smallest absolute Gasteiger partial charge is 0.0630 e. The standard InChI is InChI=1S/C15H25BrN2/c1-3-13(2)18-10-7-14(17-18)11-15(12-16)8-5-4-6-9-15/h7,10,13H,3-6,8-9,11-12H2,1-2H3. The van der Waals surface area contributed by atoms with Crippen LogP contribution in [0.2, 0.25) is 0 Å². The summed E-state index contributed by atoms with van der Waals surface area (Å²) in [5, 5.41) is 5.89. The molecule has 0 bridgehead atoms. The van der Waals surface area contributed by atoms with Crippen molar-refractivity contribution in [2.24, 2.45) is 5.41 Å². The number of rotatable bonds is 5. The largest absolute Gasteiger partial charge is 0.270 e. The minimum absolute atomic E-state index is 0.465. The molecule has 3 heteroatoms. The molecule has 1 aliphatic rings. The highest BCUT2D eigenvalue weighted by atomic mass is 79.9. The summed E-state index contributed by atoms with van der Waals surface area (Å²) in [5.41, 5.74) is 1.74. The molecule has 2 nitrogen and oxygen atoms in total. The van der Waals surface area contributed by atoms with Crippen molar-refractivity contribution < 1.29 is 0 Å². The monoisotopic (exact) mass is 312 g/mol. The minimum Gasteiger partial charge on any atom is -0.270 e. The van der Waals surface area contributed by atoms with Gasteiger partial charge in [0.2, 0.25) is 0 Å². The van der Waals surface area contributed by atoms with Gasteiger partial charge in [0.25, 0.3) is 0 Å². The second kappa shape index (κ2) is 6.23. The molecule has 0 radical (unpaired) electrons. The summed E-state index contributed by atoms with van der Waals surface area (Å²) < 4.78 is 2.13. The van der Waals surface area contributed by atoms with E-state index in [1.165, 1.54) is 37.8 Å². The van der Waals surface area contributed by atoms with Crippen molar-refractivity contribution in [3.05, 3.63) is 18.0 Å². The van der Waals surface area contributed by atoms with E-state index in [2.05, 4.69) is 46.7 Å². The Labute approximate surface area is 119 Å². The summed E-state index contributed by atoms with van der Waals surface area (Å²) in [4.78, 5) is 0. The van der Waals surface area contributed by atoms with E-state index in [4.69, 9.17) is 5.10 Å². The molecule has 1 aromatic heterocycles. The molecule has 0 N–H and O–H groups in total. The predicted molar refractivity (Wildman–Crippen MR) is 80.2 cm³/mol. The van der Waals surface area contributed by atoms with Crippen LogP contribution in [0.15, 0.2) is 12.3 Å². The summed E-state index contributed by atoms with van der Waals surface area (Å²) in [5.74, 6) is 0. The van der Waals surface area contributed by atoms with Crippen LogP contribution in [0.5, 0.6) is 0 Å². The Bertz CT molecular complexity index is 366. The van der Waals surface area contributed by atoms with Gasteiger partial charge in [-0.25, -0.2) is 0 Å². The van der Waals surface area contributed by atoms with Crippen molar-refractivity contribution in [2.75, 3.05) is 5.33 Å². The summed E-state index contributed by atoms with van der Waals surface area (Å²) in [6.45, 7) is 4.45. The van der Waals surface area contributed by atoms with Crippen LogP contribution in [-0.4, -0.2) is 15.1 Å². The molecule has 102 valence electrons. The second-order valence-corrected chi connectivity index (χ2v) is 6.48. The van der Waals surface area contributed by atoms with Crippen molar-refractivity contribution in [3.63, 3.8) is 0 Å². The lowest BCUT2D eigenvalue weighted by atomic mass is 9.73. The third-order valence-electron chi connectivity index (χ3n) is 4.46. The molecule has 1 atom stereocenters. The van der Waals surface area contributed by atoms with E-state index in [1.54, 1.807) is 0 Å². The normalized spacial score (nSPS) is 20.8. The molecule has 0 aromatic carbocycles. The lowest BCUT2D eigenvalue weighted by Crippen LogP contribution is -2.28. The van der Waals surface area contributed by atoms with Crippen LogP contribution in [0.1, 0.15) is 64.1 Å². The average molecular weight is 313 g/mol. The second-order valence-electron chi connectivity index (χ2n) is 5.92. The van der Waals surface area contributed by atoms with Gasteiger partial charge in [0.05, 0.1) is 5.69 Å². The summed E-state index contributed by atoms with van der Waals surface area (Å²) in [7, 11) is 0. The van der Waals surface area contributed by atoms with E-state index in [-0.39, 0.29) is 0 Å². The molecular formula is C15H25BrN2. The molecule has 0 aliphatic heterocycles. The van der Waals surface area contributed by atoms with Gasteiger partial charge in [0.1, 0.15) is 0 Å². The van der Waals surface area contributed by atoms with Crippen LogP contribution in [0.3, 0.4) is 0 Å². The van der Waals surface area contributed by atoms with Gasteiger partial charge in [-0.3, -0.25) is 4.68 Å². The summed E-state index contributed by atoms with van der Waals surface area (Å²) in [6.07, 6.45) is 11.3. The van der Waals surface area contributed by atoms with Gasteiger partial charge >= 0.3 is 0 Å². The lowest BCUT2D eigenvalue weighted by Gasteiger charge is -2.35. The first-order valence-corrected chi connectivity index (χ1v) is 8.41. The molecule has 1 unspecified atom stereocenters. The molecule has 0 spiro atoms. The van der Waals surface area contributed by atoms with Crippen molar-refractivity contribution in [3.8, 4) is 0 Å². The first kappa shape index (κ1) is 14.1. The van der Waals surface area contributed by atoms with Gasteiger partial charge in [-0.1, -0.05) is 42.1 Å². The van der Waals surface area contributed by atoms with Crippen molar-refractivity contribution in [1.29, 1.82) is 0 Å². The Morgan fingerprint density at radius 2 is 2.11 bits per heavy atom. The van der Waals surface area contributed by atoms with E-state index < -0.39 is 0 Å². The van der Waals surface area contributed by atoms with Gasteiger partial charge < -0.3 is 0 Å². The Kier molecular flexibility index (Phi) is 4.88. The number of aromatic nitrogens is 2. The van der Waals surface area contributed by atoms with Crippen molar-refractivity contribution in [2.45, 2.75) is 64.8 Å². The van der Waals surface area contributed by atoms with Crippen LogP contribution < -0.4 is 0 Å². The van der Waals surface area contributed by atoms with E-state index in [0.29, 0.717) is 11.5 Å². The van der Waals surface area contributed by atoms with Gasteiger partial charge in [-0.2, -0.15) is 5.10 Å². The van der Waals surface area contributed by atoms with Crippen LogP contribution in [0, 0.1) is 5.41 Å². The number of hydrogen-bond acceptors (Lipinski definition) is 1. The molecule has 1 aromatic rings. The number of halogens is 1. The van der Waals surface area contributed by atoms with Crippen LogP contribution in [0.25, 0.3) is 0 Å². The van der Waals surface area contributed by atoms with Crippen molar-refractivity contribution in [1.82, 2.24) is 9.78 Å². The van der Waals surface area contributed by atoms with Crippen LogP contribution in [-0.2, 0) is 6.42 Å². The zero-order valence-corrected chi connectivity index (χ0v) is 13.2. The van der Waals surface area contributed by atoms with E-state index >= 15 is 0 Å². The molecule has 1 saturated carbocycles. The SMILES string of the molecule is CCC(C)n1ccc(CC2(CBr)CCCCC2)n1. The highest BCUT2D eigenvalue weighted by Crippen LogP contribution is 2.40. The van der Waals surface area contributed by atoms with E-state index in [9.17, 15) is 0 Å². The Hall–Kier alpha value is -0.310. The number of nitrogens with zero attached hydrogens (tertiary/aromatic N) is 2. The number of hydrogen-bond donors (Lipinski definition) is 0. The van der Waals surface area contributed by atoms with Crippen LogP contribution >= 0.6 is 15.9 Å². The first-order valence-electron chi connectivity index (χ1n) is 7.29. The zero-order chi connectivity index (χ0) is 13.0. The number of alkyl halides is 1. The maximum Gasteiger partial charge on any atom is 0.0630 e. The quantitative estimate of drug-likeness (QED) is 0.718. The van der Waals surface area contributed by atoms with E-state index in [1.807, 2.05) is 0 Å². The fourth-order valence-corrected chi connectivity index (χ4v) is 3.71. The minimum atomic E-state index is 0.465. The Balaban J connectivity index is 2.05. The Morgan fingerprint density at radius 3 is 2.72 bits per heavy atom. The van der Waals surface area contributed by atoms with Gasteiger partial charge in [0.15, 0.2) is 0 Å².